The van der Waals surface area contributed by atoms with Crippen molar-refractivity contribution in [1.82, 2.24) is 0 Å². The molecule has 3 nitrogen and oxygen atoms in total. The molecule has 0 aliphatic rings. The predicted octanol–water partition coefficient (Wildman–Crippen LogP) is 1.88. The molecular formula is C9H21NO2Si. The van der Waals surface area contributed by atoms with Crippen LogP contribution in [0.1, 0.15) is 27.7 Å². The molecular weight excluding hydrogens is 182 g/mol. The summed E-state index contributed by atoms with van der Waals surface area (Å²) in [6.45, 7) is 12.3. The van der Waals surface area contributed by atoms with Gasteiger partial charge < -0.3 is 10.2 Å². The number of carbonyl (C=O) groups is 1. The van der Waals surface area contributed by atoms with E-state index in [0.717, 1.165) is 0 Å². The molecule has 0 heterocycles. The van der Waals surface area contributed by atoms with Crippen molar-refractivity contribution in [2.75, 3.05) is 0 Å². The summed E-state index contributed by atoms with van der Waals surface area (Å²) in [7, 11) is -1.83. The predicted molar refractivity (Wildman–Crippen MR) is 56.9 cm³/mol. The Morgan fingerprint density at radius 2 is 1.77 bits per heavy atom. The van der Waals surface area contributed by atoms with Crippen molar-refractivity contribution in [3.8, 4) is 0 Å². The largest absolute Gasteiger partial charge is 0.405 e. The summed E-state index contributed by atoms with van der Waals surface area (Å²) in [5.41, 5.74) is 5.14. The van der Waals surface area contributed by atoms with Crippen LogP contribution in [0.3, 0.4) is 0 Å². The fraction of sp³-hybridized carbons (Fsp3) is 0.889. The Bertz CT molecular complexity index is 196. The average molecular weight is 203 g/mol. The fourth-order valence-electron chi connectivity index (χ4n) is 0.677. The van der Waals surface area contributed by atoms with Gasteiger partial charge in [-0.3, -0.25) is 4.79 Å². The first-order valence-electron chi connectivity index (χ1n) is 4.55. The van der Waals surface area contributed by atoms with Crippen LogP contribution in [0.4, 0.5) is 0 Å². The molecule has 1 amide bonds. The molecule has 0 aliphatic heterocycles. The van der Waals surface area contributed by atoms with Crippen molar-refractivity contribution >= 4 is 14.2 Å². The Kier molecular flexibility index (Phi) is 3.69. The van der Waals surface area contributed by atoms with Gasteiger partial charge in [0.05, 0.1) is 0 Å². The van der Waals surface area contributed by atoms with Crippen LogP contribution < -0.4 is 5.73 Å². The van der Waals surface area contributed by atoms with E-state index in [2.05, 4.69) is 33.9 Å². The molecule has 0 aromatic heterocycles. The molecule has 0 saturated heterocycles. The first kappa shape index (κ1) is 12.6. The molecule has 0 aromatic carbocycles. The van der Waals surface area contributed by atoms with Gasteiger partial charge in [0.1, 0.15) is 6.10 Å². The third-order valence-electron chi connectivity index (χ3n) is 2.68. The molecule has 4 heteroatoms. The van der Waals surface area contributed by atoms with E-state index >= 15 is 0 Å². The molecule has 0 aliphatic carbocycles. The van der Waals surface area contributed by atoms with Crippen LogP contribution in [0.25, 0.3) is 0 Å². The lowest BCUT2D eigenvalue weighted by Gasteiger charge is -2.37. The maximum absolute atomic E-state index is 10.8. The van der Waals surface area contributed by atoms with Gasteiger partial charge in [-0.05, 0) is 25.1 Å². The van der Waals surface area contributed by atoms with E-state index in [0.29, 0.717) is 0 Å². The minimum absolute atomic E-state index is 0.122. The summed E-state index contributed by atoms with van der Waals surface area (Å²) in [6, 6.07) is 0. The van der Waals surface area contributed by atoms with E-state index in [1.807, 2.05) is 0 Å². The Balaban J connectivity index is 4.43. The first-order valence-corrected chi connectivity index (χ1v) is 7.46. The lowest BCUT2D eigenvalue weighted by atomic mass is 10.2. The molecule has 0 bridgehead atoms. The van der Waals surface area contributed by atoms with E-state index < -0.39 is 14.4 Å². The fourth-order valence-corrected chi connectivity index (χ4v) is 2.03. The van der Waals surface area contributed by atoms with Gasteiger partial charge in [-0.25, -0.2) is 0 Å². The van der Waals surface area contributed by atoms with Crippen molar-refractivity contribution in [3.05, 3.63) is 0 Å². The molecule has 0 spiro atoms. The number of carbonyl (C=O) groups excluding carboxylic acids is 1. The van der Waals surface area contributed by atoms with Crippen LogP contribution in [0.2, 0.25) is 18.1 Å². The molecule has 2 N–H and O–H groups in total. The van der Waals surface area contributed by atoms with Gasteiger partial charge in [-0.2, -0.15) is 0 Å². The number of rotatable bonds is 3. The zero-order valence-electron chi connectivity index (χ0n) is 9.47. The van der Waals surface area contributed by atoms with Crippen molar-refractivity contribution in [3.63, 3.8) is 0 Å². The molecule has 0 rings (SSSR count). The maximum atomic E-state index is 10.8. The van der Waals surface area contributed by atoms with Crippen molar-refractivity contribution in [2.45, 2.75) is 51.9 Å². The molecule has 78 valence electrons. The maximum Gasteiger partial charge on any atom is 0.245 e. The van der Waals surface area contributed by atoms with Gasteiger partial charge in [0.2, 0.25) is 5.91 Å². The van der Waals surface area contributed by atoms with Gasteiger partial charge in [0.15, 0.2) is 8.32 Å². The van der Waals surface area contributed by atoms with E-state index in [4.69, 9.17) is 10.2 Å². The van der Waals surface area contributed by atoms with Crippen LogP contribution >= 0.6 is 0 Å². The molecule has 0 saturated carbocycles. The minimum Gasteiger partial charge on any atom is -0.405 e. The SMILES string of the molecule is CC(O[Si](C)(C)C(C)(C)C)C(N)=O. The zero-order chi connectivity index (χ0) is 10.9. The van der Waals surface area contributed by atoms with Gasteiger partial charge >= 0.3 is 0 Å². The third kappa shape index (κ3) is 3.48. The number of hydrogen-bond acceptors (Lipinski definition) is 2. The lowest BCUT2D eigenvalue weighted by Crippen LogP contribution is -2.46. The second kappa shape index (κ2) is 3.80. The quantitative estimate of drug-likeness (QED) is 0.712. The van der Waals surface area contributed by atoms with Gasteiger partial charge in [-0.1, -0.05) is 20.8 Å². The summed E-state index contributed by atoms with van der Waals surface area (Å²) in [6.07, 6.45) is -0.471. The Morgan fingerprint density at radius 3 is 2.00 bits per heavy atom. The Hall–Kier alpha value is -0.353. The average Bonchev–Trinajstić information content (AvgIpc) is 1.83. The molecule has 0 aromatic rings. The monoisotopic (exact) mass is 203 g/mol. The number of primary amides is 1. The van der Waals surface area contributed by atoms with Crippen LogP contribution in [0, 0.1) is 0 Å². The third-order valence-corrected chi connectivity index (χ3v) is 7.23. The Labute approximate surface area is 81.8 Å². The van der Waals surface area contributed by atoms with Crippen LogP contribution in [-0.2, 0) is 9.22 Å². The van der Waals surface area contributed by atoms with Crippen molar-refractivity contribution in [2.24, 2.45) is 5.73 Å². The summed E-state index contributed by atoms with van der Waals surface area (Å²) in [5.74, 6) is -0.384. The first-order chi connectivity index (χ1) is 5.58. The zero-order valence-corrected chi connectivity index (χ0v) is 10.5. The summed E-state index contributed by atoms with van der Waals surface area (Å²) in [4.78, 5) is 10.8. The number of nitrogens with two attached hydrogens (primary N) is 1. The molecule has 1 atom stereocenters. The highest BCUT2D eigenvalue weighted by Gasteiger charge is 2.39. The molecule has 0 radical (unpaired) electrons. The normalized spacial score (nSPS) is 15.5. The highest BCUT2D eigenvalue weighted by atomic mass is 28.4. The van der Waals surface area contributed by atoms with Crippen molar-refractivity contribution < 1.29 is 9.22 Å². The molecule has 1 unspecified atom stereocenters. The molecule has 0 fully saturated rings. The van der Waals surface area contributed by atoms with Gasteiger partial charge in [0.25, 0.3) is 0 Å². The van der Waals surface area contributed by atoms with E-state index in [1.165, 1.54) is 0 Å². The molecule has 13 heavy (non-hydrogen) atoms. The van der Waals surface area contributed by atoms with Gasteiger partial charge in [0, 0.05) is 0 Å². The number of hydrogen-bond donors (Lipinski definition) is 1. The standard InChI is InChI=1S/C9H21NO2Si/c1-7(8(10)11)12-13(5,6)9(2,3)4/h7H,1-6H3,(H2,10,11). The van der Waals surface area contributed by atoms with Crippen LogP contribution in [0.15, 0.2) is 0 Å². The van der Waals surface area contributed by atoms with Crippen LogP contribution in [0.5, 0.6) is 0 Å². The second-order valence-electron chi connectivity index (χ2n) is 4.92. The highest BCUT2D eigenvalue weighted by Crippen LogP contribution is 2.37. The lowest BCUT2D eigenvalue weighted by molar-refractivity contribution is -0.124. The second-order valence-corrected chi connectivity index (χ2v) is 9.68. The highest BCUT2D eigenvalue weighted by molar-refractivity contribution is 6.74. The van der Waals surface area contributed by atoms with E-state index in [9.17, 15) is 4.79 Å². The van der Waals surface area contributed by atoms with E-state index in [-0.39, 0.29) is 10.9 Å². The van der Waals surface area contributed by atoms with E-state index in [1.54, 1.807) is 6.92 Å². The minimum atomic E-state index is -1.83. The summed E-state index contributed by atoms with van der Waals surface area (Å²) in [5, 5.41) is 0.122. The van der Waals surface area contributed by atoms with Gasteiger partial charge in [-0.15, -0.1) is 0 Å². The van der Waals surface area contributed by atoms with Crippen molar-refractivity contribution in [1.29, 1.82) is 0 Å². The Morgan fingerprint density at radius 1 is 1.38 bits per heavy atom. The smallest absolute Gasteiger partial charge is 0.245 e. The summed E-state index contributed by atoms with van der Waals surface area (Å²) < 4.78 is 5.73. The number of amides is 1. The topological polar surface area (TPSA) is 52.3 Å². The van der Waals surface area contributed by atoms with Crippen LogP contribution in [-0.4, -0.2) is 20.3 Å². The summed E-state index contributed by atoms with van der Waals surface area (Å²) >= 11 is 0.